The summed E-state index contributed by atoms with van der Waals surface area (Å²) in [6.45, 7) is 1.57. The SMILES string of the molecule is Cn1nccc1CCC1=CC(O)CNC1. The highest BCUT2D eigenvalue weighted by Crippen LogP contribution is 2.11. The molecule has 0 saturated carbocycles. The van der Waals surface area contributed by atoms with Gasteiger partial charge >= 0.3 is 0 Å². The van der Waals surface area contributed by atoms with Crippen LogP contribution in [0.15, 0.2) is 23.9 Å². The van der Waals surface area contributed by atoms with E-state index in [-0.39, 0.29) is 6.10 Å². The molecule has 0 amide bonds. The molecule has 2 rings (SSSR count). The molecule has 0 radical (unpaired) electrons. The van der Waals surface area contributed by atoms with Crippen molar-refractivity contribution >= 4 is 0 Å². The minimum absolute atomic E-state index is 0.319. The van der Waals surface area contributed by atoms with Gasteiger partial charge in [0.25, 0.3) is 0 Å². The standard InChI is InChI=1S/C11H17N3O/c1-14-10(4-5-13-14)3-2-9-6-11(15)8-12-7-9/h4-6,11-12,15H,2-3,7-8H2,1H3. The van der Waals surface area contributed by atoms with Gasteiger partial charge in [-0.2, -0.15) is 5.10 Å². The Bertz CT molecular complexity index is 356. The number of aliphatic hydroxyl groups is 1. The van der Waals surface area contributed by atoms with Crippen molar-refractivity contribution in [3.05, 3.63) is 29.6 Å². The van der Waals surface area contributed by atoms with E-state index in [1.165, 1.54) is 11.3 Å². The van der Waals surface area contributed by atoms with Gasteiger partial charge in [-0.15, -0.1) is 0 Å². The number of β-amino-alcohol motifs (C(OH)–C–C–N with tert-alkyl or cyclic N) is 1. The monoisotopic (exact) mass is 207 g/mol. The summed E-state index contributed by atoms with van der Waals surface area (Å²) < 4.78 is 1.90. The molecule has 1 aliphatic rings. The van der Waals surface area contributed by atoms with Crippen molar-refractivity contribution in [1.29, 1.82) is 0 Å². The molecule has 0 fully saturated rings. The second-order valence-electron chi connectivity index (χ2n) is 3.97. The number of nitrogens with one attached hydrogen (secondary N) is 1. The molecule has 2 heterocycles. The van der Waals surface area contributed by atoms with Crippen molar-refractivity contribution in [1.82, 2.24) is 15.1 Å². The minimum atomic E-state index is -0.319. The molecule has 1 aromatic rings. The Morgan fingerprint density at radius 2 is 2.47 bits per heavy atom. The van der Waals surface area contributed by atoms with Crippen molar-refractivity contribution < 1.29 is 5.11 Å². The van der Waals surface area contributed by atoms with Crippen molar-refractivity contribution in [3.63, 3.8) is 0 Å². The Kier molecular flexibility index (Phi) is 3.18. The molecular formula is C11H17N3O. The molecule has 0 bridgehead atoms. The van der Waals surface area contributed by atoms with E-state index >= 15 is 0 Å². The van der Waals surface area contributed by atoms with E-state index in [2.05, 4.69) is 10.4 Å². The van der Waals surface area contributed by atoms with E-state index in [0.29, 0.717) is 6.54 Å². The maximum absolute atomic E-state index is 9.43. The van der Waals surface area contributed by atoms with E-state index in [1.54, 1.807) is 0 Å². The molecule has 1 unspecified atom stereocenters. The van der Waals surface area contributed by atoms with E-state index in [1.807, 2.05) is 30.1 Å². The fourth-order valence-corrected chi connectivity index (χ4v) is 1.88. The third-order valence-corrected chi connectivity index (χ3v) is 2.76. The molecule has 82 valence electrons. The number of aromatic nitrogens is 2. The smallest absolute Gasteiger partial charge is 0.0848 e. The van der Waals surface area contributed by atoms with Crippen molar-refractivity contribution in [2.45, 2.75) is 18.9 Å². The normalized spacial score (nSPS) is 21.5. The van der Waals surface area contributed by atoms with Gasteiger partial charge in [-0.1, -0.05) is 11.6 Å². The van der Waals surface area contributed by atoms with Crippen LogP contribution in [0.2, 0.25) is 0 Å². The first-order valence-corrected chi connectivity index (χ1v) is 5.31. The lowest BCUT2D eigenvalue weighted by molar-refractivity contribution is 0.212. The minimum Gasteiger partial charge on any atom is -0.388 e. The summed E-state index contributed by atoms with van der Waals surface area (Å²) in [7, 11) is 1.96. The van der Waals surface area contributed by atoms with E-state index in [9.17, 15) is 5.11 Å². The van der Waals surface area contributed by atoms with Crippen LogP contribution in [0.4, 0.5) is 0 Å². The summed E-state index contributed by atoms with van der Waals surface area (Å²) in [5.74, 6) is 0. The molecule has 1 atom stereocenters. The van der Waals surface area contributed by atoms with Gasteiger partial charge in [-0.25, -0.2) is 0 Å². The summed E-state index contributed by atoms with van der Waals surface area (Å²) in [4.78, 5) is 0. The zero-order valence-corrected chi connectivity index (χ0v) is 8.98. The molecule has 1 aliphatic heterocycles. The van der Waals surface area contributed by atoms with Crippen LogP contribution in [0, 0.1) is 0 Å². The molecule has 1 aromatic heterocycles. The van der Waals surface area contributed by atoms with Gasteiger partial charge in [0.05, 0.1) is 6.10 Å². The van der Waals surface area contributed by atoms with Crippen molar-refractivity contribution in [2.75, 3.05) is 13.1 Å². The van der Waals surface area contributed by atoms with Crippen LogP contribution < -0.4 is 5.32 Å². The molecule has 0 aliphatic carbocycles. The number of hydrogen-bond acceptors (Lipinski definition) is 3. The average Bonchev–Trinajstić information content (AvgIpc) is 2.61. The first-order valence-electron chi connectivity index (χ1n) is 5.31. The van der Waals surface area contributed by atoms with Gasteiger partial charge in [-0.05, 0) is 18.9 Å². The van der Waals surface area contributed by atoms with Crippen LogP contribution in [-0.4, -0.2) is 34.1 Å². The highest BCUT2D eigenvalue weighted by atomic mass is 16.3. The second kappa shape index (κ2) is 4.59. The second-order valence-corrected chi connectivity index (χ2v) is 3.97. The Morgan fingerprint density at radius 3 is 3.13 bits per heavy atom. The highest BCUT2D eigenvalue weighted by molar-refractivity contribution is 5.13. The van der Waals surface area contributed by atoms with Crippen LogP contribution in [-0.2, 0) is 13.5 Å². The highest BCUT2D eigenvalue weighted by Gasteiger charge is 2.10. The summed E-state index contributed by atoms with van der Waals surface area (Å²) in [5.41, 5.74) is 2.52. The van der Waals surface area contributed by atoms with Crippen molar-refractivity contribution in [3.8, 4) is 0 Å². The van der Waals surface area contributed by atoms with Crippen LogP contribution in [0.25, 0.3) is 0 Å². The van der Waals surface area contributed by atoms with Gasteiger partial charge in [0.15, 0.2) is 0 Å². The van der Waals surface area contributed by atoms with Gasteiger partial charge < -0.3 is 10.4 Å². The zero-order valence-electron chi connectivity index (χ0n) is 8.98. The maximum Gasteiger partial charge on any atom is 0.0848 e. The predicted molar refractivity (Wildman–Crippen MR) is 58.5 cm³/mol. The maximum atomic E-state index is 9.43. The molecule has 15 heavy (non-hydrogen) atoms. The number of hydrogen-bond donors (Lipinski definition) is 2. The Balaban J connectivity index is 1.91. The number of nitrogens with zero attached hydrogens (tertiary/aromatic N) is 2. The van der Waals surface area contributed by atoms with Gasteiger partial charge in [-0.3, -0.25) is 4.68 Å². The van der Waals surface area contributed by atoms with Gasteiger partial charge in [0.1, 0.15) is 0 Å². The third kappa shape index (κ3) is 2.67. The Morgan fingerprint density at radius 1 is 1.60 bits per heavy atom. The summed E-state index contributed by atoms with van der Waals surface area (Å²) >= 11 is 0. The van der Waals surface area contributed by atoms with Crippen LogP contribution >= 0.6 is 0 Å². The van der Waals surface area contributed by atoms with Crippen LogP contribution in [0.3, 0.4) is 0 Å². The fourth-order valence-electron chi connectivity index (χ4n) is 1.88. The Labute approximate surface area is 89.6 Å². The zero-order chi connectivity index (χ0) is 10.7. The molecule has 4 nitrogen and oxygen atoms in total. The summed E-state index contributed by atoms with van der Waals surface area (Å²) in [6, 6.07) is 2.03. The largest absolute Gasteiger partial charge is 0.388 e. The first-order chi connectivity index (χ1) is 7.25. The molecule has 4 heteroatoms. The first kappa shape index (κ1) is 10.4. The van der Waals surface area contributed by atoms with E-state index < -0.39 is 0 Å². The quantitative estimate of drug-likeness (QED) is 0.698. The van der Waals surface area contributed by atoms with Crippen LogP contribution in [0.1, 0.15) is 12.1 Å². The average molecular weight is 207 g/mol. The number of aryl methyl sites for hydroxylation is 2. The third-order valence-electron chi connectivity index (χ3n) is 2.76. The Hall–Kier alpha value is -1.13. The molecule has 2 N–H and O–H groups in total. The molecule has 0 saturated heterocycles. The lowest BCUT2D eigenvalue weighted by Gasteiger charge is -2.18. The number of aliphatic hydroxyl groups excluding tert-OH is 1. The summed E-state index contributed by atoms with van der Waals surface area (Å²) in [6.07, 6.45) is 5.44. The molecule has 0 aromatic carbocycles. The summed E-state index contributed by atoms with van der Waals surface area (Å²) in [5, 5.41) is 16.8. The number of rotatable bonds is 3. The lowest BCUT2D eigenvalue weighted by atomic mass is 10.0. The van der Waals surface area contributed by atoms with Crippen LogP contribution in [0.5, 0.6) is 0 Å². The van der Waals surface area contributed by atoms with Crippen molar-refractivity contribution in [2.24, 2.45) is 7.05 Å². The fraction of sp³-hybridized carbons (Fsp3) is 0.545. The van der Waals surface area contributed by atoms with E-state index in [4.69, 9.17) is 0 Å². The molecule has 0 spiro atoms. The topological polar surface area (TPSA) is 50.1 Å². The molecular weight excluding hydrogens is 190 g/mol. The van der Waals surface area contributed by atoms with Gasteiger partial charge in [0, 0.05) is 32.0 Å². The van der Waals surface area contributed by atoms with Gasteiger partial charge in [0.2, 0.25) is 0 Å². The van der Waals surface area contributed by atoms with E-state index in [0.717, 1.165) is 19.4 Å². The lowest BCUT2D eigenvalue weighted by Crippen LogP contribution is -2.32. The predicted octanol–water partition coefficient (Wildman–Crippen LogP) is 0.243.